The molecule has 1 nitrogen and oxygen atoms in total. The maximum atomic E-state index is 12.9. The molecule has 0 aliphatic heterocycles. The van der Waals surface area contributed by atoms with Crippen molar-refractivity contribution in [1.29, 1.82) is 0 Å². The van der Waals surface area contributed by atoms with Crippen molar-refractivity contribution in [2.24, 2.45) is 11.7 Å². The molecule has 1 atom stereocenters. The second kappa shape index (κ2) is 4.95. The number of aryl methyl sites for hydroxylation is 1. The van der Waals surface area contributed by atoms with Gasteiger partial charge in [-0.25, -0.2) is 4.39 Å². The van der Waals surface area contributed by atoms with Crippen LogP contribution in [0.1, 0.15) is 36.4 Å². The number of nitrogens with two attached hydrogens (primary N) is 1. The van der Waals surface area contributed by atoms with E-state index in [1.54, 1.807) is 6.07 Å². The average molecular weight is 230 g/mol. The molecule has 0 bridgehead atoms. The molecular weight excluding hydrogens is 213 g/mol. The Balaban J connectivity index is 0.00000112. The topological polar surface area (TPSA) is 26.0 Å². The number of hydrogen-bond acceptors (Lipinski definition) is 1. The summed E-state index contributed by atoms with van der Waals surface area (Å²) in [5.41, 5.74) is 8.21. The molecule has 1 fully saturated rings. The van der Waals surface area contributed by atoms with Gasteiger partial charge < -0.3 is 5.73 Å². The molecule has 0 radical (unpaired) electrons. The minimum Gasteiger partial charge on any atom is -0.324 e. The Kier molecular flexibility index (Phi) is 4.12. The first-order chi connectivity index (χ1) is 6.68. The van der Waals surface area contributed by atoms with E-state index in [4.69, 9.17) is 5.73 Å². The fourth-order valence-corrected chi connectivity index (χ4v) is 2.07. The molecule has 3 heteroatoms. The lowest BCUT2D eigenvalue weighted by atomic mass is 9.77. The largest absolute Gasteiger partial charge is 0.324 e. The monoisotopic (exact) mass is 229 g/mol. The van der Waals surface area contributed by atoms with E-state index in [2.05, 4.69) is 0 Å². The first-order valence-electron chi connectivity index (χ1n) is 5.20. The third-order valence-corrected chi connectivity index (χ3v) is 3.25. The summed E-state index contributed by atoms with van der Waals surface area (Å²) < 4.78 is 12.9. The van der Waals surface area contributed by atoms with Crippen LogP contribution in [0, 0.1) is 18.7 Å². The van der Waals surface area contributed by atoms with Crippen molar-refractivity contribution in [2.45, 2.75) is 32.2 Å². The predicted molar refractivity (Wildman–Crippen MR) is 62.7 cm³/mol. The Morgan fingerprint density at radius 1 is 1.40 bits per heavy atom. The molecule has 1 aliphatic carbocycles. The third kappa shape index (κ3) is 2.50. The van der Waals surface area contributed by atoms with Crippen LogP contribution in [-0.2, 0) is 0 Å². The summed E-state index contributed by atoms with van der Waals surface area (Å²) in [5, 5.41) is 0. The van der Waals surface area contributed by atoms with Gasteiger partial charge in [0, 0.05) is 6.04 Å². The smallest absolute Gasteiger partial charge is 0.123 e. The number of hydrogen-bond donors (Lipinski definition) is 1. The van der Waals surface area contributed by atoms with Gasteiger partial charge in [-0.3, -0.25) is 0 Å². The molecule has 0 heterocycles. The van der Waals surface area contributed by atoms with E-state index in [0.29, 0.717) is 5.92 Å². The van der Waals surface area contributed by atoms with Gasteiger partial charge in [-0.15, -0.1) is 12.4 Å². The summed E-state index contributed by atoms with van der Waals surface area (Å²) in [6.07, 6.45) is 3.73. The van der Waals surface area contributed by atoms with Crippen molar-refractivity contribution < 1.29 is 4.39 Å². The van der Waals surface area contributed by atoms with Crippen molar-refractivity contribution in [3.8, 4) is 0 Å². The molecule has 1 aromatic rings. The van der Waals surface area contributed by atoms with Crippen LogP contribution in [0.25, 0.3) is 0 Å². The van der Waals surface area contributed by atoms with Crippen LogP contribution in [0.3, 0.4) is 0 Å². The Hall–Kier alpha value is -0.600. The summed E-state index contributed by atoms with van der Waals surface area (Å²) in [6, 6.07) is 4.99. The van der Waals surface area contributed by atoms with Gasteiger partial charge in [-0.05, 0) is 48.9 Å². The summed E-state index contributed by atoms with van der Waals surface area (Å²) in [7, 11) is 0. The normalized spacial score (nSPS) is 17.8. The van der Waals surface area contributed by atoms with Crippen molar-refractivity contribution >= 4 is 12.4 Å². The van der Waals surface area contributed by atoms with Gasteiger partial charge in [-0.2, -0.15) is 0 Å². The van der Waals surface area contributed by atoms with E-state index in [1.807, 2.05) is 13.0 Å². The average Bonchev–Trinajstić information content (AvgIpc) is 2.00. The Labute approximate surface area is 96.3 Å². The molecular formula is C12H17ClFN. The Morgan fingerprint density at radius 3 is 2.53 bits per heavy atom. The zero-order valence-electron chi connectivity index (χ0n) is 8.87. The zero-order chi connectivity index (χ0) is 10.1. The highest BCUT2D eigenvalue weighted by Gasteiger charge is 2.26. The molecule has 0 unspecified atom stereocenters. The molecule has 15 heavy (non-hydrogen) atoms. The Morgan fingerprint density at radius 2 is 2.07 bits per heavy atom. The van der Waals surface area contributed by atoms with Crippen LogP contribution >= 0.6 is 12.4 Å². The van der Waals surface area contributed by atoms with Crippen molar-refractivity contribution in [1.82, 2.24) is 0 Å². The summed E-state index contributed by atoms with van der Waals surface area (Å²) in [5.74, 6) is 0.436. The maximum Gasteiger partial charge on any atom is 0.123 e. The number of benzene rings is 1. The second-order valence-corrected chi connectivity index (χ2v) is 4.22. The van der Waals surface area contributed by atoms with Crippen molar-refractivity contribution in [3.05, 3.63) is 35.1 Å². The van der Waals surface area contributed by atoms with Crippen LogP contribution in [-0.4, -0.2) is 0 Å². The second-order valence-electron chi connectivity index (χ2n) is 4.22. The summed E-state index contributed by atoms with van der Waals surface area (Å²) in [6.45, 7) is 1.93. The standard InChI is InChI=1S/C12H16FN.ClH/c1-8-7-10(13)5-6-11(8)12(14)9-3-2-4-9;/h5-7,9,12H,2-4,14H2,1H3;1H/t12-;/m1./s1. The molecule has 1 aliphatic rings. The summed E-state index contributed by atoms with van der Waals surface area (Å²) >= 11 is 0. The first-order valence-corrected chi connectivity index (χ1v) is 5.20. The van der Waals surface area contributed by atoms with Crippen molar-refractivity contribution in [3.63, 3.8) is 0 Å². The van der Waals surface area contributed by atoms with Gasteiger partial charge in [0.15, 0.2) is 0 Å². The van der Waals surface area contributed by atoms with Crippen LogP contribution in [0.4, 0.5) is 4.39 Å². The van der Waals surface area contributed by atoms with E-state index in [1.165, 1.54) is 25.3 Å². The SMILES string of the molecule is Cc1cc(F)ccc1[C@H](N)C1CCC1.Cl. The lowest BCUT2D eigenvalue weighted by Gasteiger charge is -2.32. The maximum absolute atomic E-state index is 12.9. The van der Waals surface area contributed by atoms with Crippen LogP contribution in [0.2, 0.25) is 0 Å². The molecule has 2 rings (SSSR count). The lowest BCUT2D eigenvalue weighted by Crippen LogP contribution is -2.27. The van der Waals surface area contributed by atoms with Crippen LogP contribution < -0.4 is 5.73 Å². The van der Waals surface area contributed by atoms with E-state index < -0.39 is 0 Å². The highest BCUT2D eigenvalue weighted by molar-refractivity contribution is 5.85. The molecule has 0 aromatic heterocycles. The molecule has 0 amide bonds. The third-order valence-electron chi connectivity index (χ3n) is 3.25. The predicted octanol–water partition coefficient (Wildman–Crippen LogP) is 3.36. The van der Waals surface area contributed by atoms with Crippen molar-refractivity contribution in [2.75, 3.05) is 0 Å². The quantitative estimate of drug-likeness (QED) is 0.827. The van der Waals surface area contributed by atoms with E-state index in [-0.39, 0.29) is 24.3 Å². The van der Waals surface area contributed by atoms with Gasteiger partial charge >= 0.3 is 0 Å². The highest BCUT2D eigenvalue weighted by atomic mass is 35.5. The fourth-order valence-electron chi connectivity index (χ4n) is 2.07. The van der Waals surface area contributed by atoms with Gasteiger partial charge in [0.25, 0.3) is 0 Å². The molecule has 84 valence electrons. The van der Waals surface area contributed by atoms with Gasteiger partial charge in [0.2, 0.25) is 0 Å². The first kappa shape index (κ1) is 12.5. The fraction of sp³-hybridized carbons (Fsp3) is 0.500. The van der Waals surface area contributed by atoms with Gasteiger partial charge in [-0.1, -0.05) is 12.5 Å². The van der Waals surface area contributed by atoms with Gasteiger partial charge in [0.05, 0.1) is 0 Å². The van der Waals surface area contributed by atoms with E-state index in [0.717, 1.165) is 11.1 Å². The van der Waals surface area contributed by atoms with Crippen LogP contribution in [0.15, 0.2) is 18.2 Å². The van der Waals surface area contributed by atoms with Crippen LogP contribution in [0.5, 0.6) is 0 Å². The number of rotatable bonds is 2. The highest BCUT2D eigenvalue weighted by Crippen LogP contribution is 2.37. The molecule has 0 spiro atoms. The molecule has 1 saturated carbocycles. The molecule has 2 N–H and O–H groups in total. The van der Waals surface area contributed by atoms with E-state index >= 15 is 0 Å². The molecule has 0 saturated heterocycles. The minimum absolute atomic E-state index is 0. The zero-order valence-corrected chi connectivity index (χ0v) is 9.69. The lowest BCUT2D eigenvalue weighted by molar-refractivity contribution is 0.264. The minimum atomic E-state index is -0.174. The number of halogens is 2. The molecule has 1 aromatic carbocycles. The van der Waals surface area contributed by atoms with Gasteiger partial charge in [0.1, 0.15) is 5.82 Å². The van der Waals surface area contributed by atoms with E-state index in [9.17, 15) is 4.39 Å². The Bertz CT molecular complexity index is 336. The summed E-state index contributed by atoms with van der Waals surface area (Å²) in [4.78, 5) is 0.